The minimum absolute atomic E-state index is 0.190. The number of carbonyl (C=O) groups is 3. The average molecular weight is 420 g/mol. The number of carboxylic acids is 1. The van der Waals surface area contributed by atoms with Crippen molar-refractivity contribution in [2.24, 2.45) is 0 Å². The van der Waals surface area contributed by atoms with Gasteiger partial charge in [0, 0.05) is 10.6 Å². The van der Waals surface area contributed by atoms with E-state index in [4.69, 9.17) is 17.3 Å². The molecule has 1 aliphatic rings. The first-order chi connectivity index (χ1) is 12.8. The number of aromatic carboxylic acids is 1. The van der Waals surface area contributed by atoms with Gasteiger partial charge in [-0.3, -0.25) is 14.5 Å². The number of anilines is 1. The number of carboxylic acid groups (broad SMARTS) is 1. The van der Waals surface area contributed by atoms with Crippen molar-refractivity contribution in [2.75, 3.05) is 11.9 Å². The lowest BCUT2D eigenvalue weighted by Crippen LogP contribution is -2.36. The summed E-state index contributed by atoms with van der Waals surface area (Å²) >= 11 is 7.79. The molecule has 3 N–H and O–H groups in total. The molecule has 0 unspecified atom stereocenters. The van der Waals surface area contributed by atoms with Crippen LogP contribution in [0, 0.1) is 0 Å². The molecule has 1 aromatic heterocycles. The van der Waals surface area contributed by atoms with E-state index in [2.05, 4.69) is 5.32 Å². The number of thioether (sulfide) groups is 1. The summed E-state index contributed by atoms with van der Waals surface area (Å²) < 4.78 is 0.273. The second kappa shape index (κ2) is 7.91. The largest absolute Gasteiger partial charge is 0.507 e. The number of rotatable bonds is 5. The van der Waals surface area contributed by atoms with Crippen molar-refractivity contribution >= 4 is 69.2 Å². The standard InChI is InChI=1S/C17H12N2O5S3/c20-12-4-3-9(6-11(12)16(23)24)18-14(21)8-19-15(22)13(27-17(19)25)7-10-2-1-5-26-10/h1-7,20H,8H2,(H,18,21)(H,23,24)/b13-7+. The number of amides is 2. The molecule has 0 aliphatic carbocycles. The van der Waals surface area contributed by atoms with Gasteiger partial charge in [-0.15, -0.1) is 11.3 Å². The highest BCUT2D eigenvalue weighted by Crippen LogP contribution is 2.33. The van der Waals surface area contributed by atoms with Crippen molar-refractivity contribution in [3.8, 4) is 5.75 Å². The van der Waals surface area contributed by atoms with E-state index in [1.807, 2.05) is 17.5 Å². The average Bonchev–Trinajstić information content (AvgIpc) is 3.21. The minimum atomic E-state index is -1.32. The van der Waals surface area contributed by atoms with E-state index < -0.39 is 17.6 Å². The van der Waals surface area contributed by atoms with E-state index in [0.717, 1.165) is 22.7 Å². The third-order valence-electron chi connectivity index (χ3n) is 3.50. The molecule has 0 saturated carbocycles. The number of benzene rings is 1. The van der Waals surface area contributed by atoms with E-state index >= 15 is 0 Å². The van der Waals surface area contributed by atoms with E-state index in [-0.39, 0.29) is 28.0 Å². The van der Waals surface area contributed by atoms with Crippen molar-refractivity contribution in [1.29, 1.82) is 0 Å². The number of thiophene rings is 1. The summed E-state index contributed by atoms with van der Waals surface area (Å²) in [4.78, 5) is 38.3. The monoisotopic (exact) mass is 420 g/mol. The van der Waals surface area contributed by atoms with Gasteiger partial charge < -0.3 is 15.5 Å². The van der Waals surface area contributed by atoms with Gasteiger partial charge in [0.1, 0.15) is 22.2 Å². The molecule has 0 spiro atoms. The van der Waals surface area contributed by atoms with Gasteiger partial charge in [0.25, 0.3) is 5.91 Å². The van der Waals surface area contributed by atoms with Gasteiger partial charge in [0.15, 0.2) is 0 Å². The molecule has 2 heterocycles. The Bertz CT molecular complexity index is 969. The fourth-order valence-electron chi connectivity index (χ4n) is 2.27. The Morgan fingerprint density at radius 1 is 1.30 bits per heavy atom. The molecule has 0 atom stereocenters. The zero-order valence-electron chi connectivity index (χ0n) is 13.5. The van der Waals surface area contributed by atoms with Crippen molar-refractivity contribution < 1.29 is 24.6 Å². The molecule has 0 bridgehead atoms. The molecule has 1 aromatic carbocycles. The summed E-state index contributed by atoms with van der Waals surface area (Å²) in [6, 6.07) is 7.40. The van der Waals surface area contributed by atoms with E-state index in [1.54, 1.807) is 6.08 Å². The minimum Gasteiger partial charge on any atom is -0.507 e. The summed E-state index contributed by atoms with van der Waals surface area (Å²) in [6.45, 7) is -0.296. The lowest BCUT2D eigenvalue weighted by atomic mass is 10.2. The number of nitrogens with one attached hydrogen (secondary N) is 1. The second-order valence-corrected chi connectivity index (χ2v) is 8.02. The van der Waals surface area contributed by atoms with Gasteiger partial charge in [-0.1, -0.05) is 30.0 Å². The van der Waals surface area contributed by atoms with Crippen LogP contribution in [0.1, 0.15) is 15.2 Å². The van der Waals surface area contributed by atoms with E-state index in [1.165, 1.54) is 28.4 Å². The quantitative estimate of drug-likeness (QED) is 0.388. The molecule has 1 fully saturated rings. The van der Waals surface area contributed by atoms with Crippen LogP contribution in [0.25, 0.3) is 6.08 Å². The number of hydrogen-bond acceptors (Lipinski definition) is 7. The predicted molar refractivity (Wildman–Crippen MR) is 108 cm³/mol. The molecule has 138 valence electrons. The van der Waals surface area contributed by atoms with Gasteiger partial charge >= 0.3 is 5.97 Å². The Morgan fingerprint density at radius 2 is 2.07 bits per heavy atom. The summed E-state index contributed by atoms with van der Waals surface area (Å²) in [5.41, 5.74) is -0.146. The van der Waals surface area contributed by atoms with Gasteiger partial charge in [0.05, 0.1) is 4.91 Å². The highest BCUT2D eigenvalue weighted by molar-refractivity contribution is 8.26. The van der Waals surface area contributed by atoms with Crippen LogP contribution in [0.2, 0.25) is 0 Å². The summed E-state index contributed by atoms with van der Waals surface area (Å²) in [7, 11) is 0. The van der Waals surface area contributed by atoms with Crippen LogP contribution in [0.3, 0.4) is 0 Å². The molecule has 7 nitrogen and oxygen atoms in total. The van der Waals surface area contributed by atoms with Crippen LogP contribution in [0.4, 0.5) is 5.69 Å². The van der Waals surface area contributed by atoms with Gasteiger partial charge in [0.2, 0.25) is 5.91 Å². The Morgan fingerprint density at radius 3 is 2.74 bits per heavy atom. The molecule has 2 aromatic rings. The molecule has 27 heavy (non-hydrogen) atoms. The van der Waals surface area contributed by atoms with Gasteiger partial charge in [-0.2, -0.15) is 0 Å². The molecule has 1 saturated heterocycles. The van der Waals surface area contributed by atoms with Crippen LogP contribution in [0.5, 0.6) is 5.75 Å². The molecular formula is C17H12N2O5S3. The number of carbonyl (C=O) groups excluding carboxylic acids is 2. The van der Waals surface area contributed by atoms with E-state index in [0.29, 0.717) is 4.91 Å². The van der Waals surface area contributed by atoms with Crippen LogP contribution in [-0.2, 0) is 9.59 Å². The number of aromatic hydroxyl groups is 1. The maximum atomic E-state index is 12.5. The highest BCUT2D eigenvalue weighted by Gasteiger charge is 2.33. The number of thiocarbonyl (C=S) groups is 1. The van der Waals surface area contributed by atoms with Crippen molar-refractivity contribution in [3.63, 3.8) is 0 Å². The van der Waals surface area contributed by atoms with Crippen LogP contribution < -0.4 is 5.32 Å². The van der Waals surface area contributed by atoms with Gasteiger partial charge in [-0.25, -0.2) is 4.79 Å². The Balaban J connectivity index is 1.69. The fraction of sp³-hybridized carbons (Fsp3) is 0.0588. The zero-order chi connectivity index (χ0) is 19.6. The fourth-order valence-corrected chi connectivity index (χ4v) is 4.25. The molecular weight excluding hydrogens is 408 g/mol. The smallest absolute Gasteiger partial charge is 0.339 e. The molecule has 10 heteroatoms. The Kier molecular flexibility index (Phi) is 5.59. The third kappa shape index (κ3) is 4.35. The van der Waals surface area contributed by atoms with Gasteiger partial charge in [-0.05, 0) is 35.7 Å². The highest BCUT2D eigenvalue weighted by atomic mass is 32.2. The summed E-state index contributed by atoms with van der Waals surface area (Å²) in [5, 5.41) is 22.9. The number of hydrogen-bond donors (Lipinski definition) is 3. The number of phenols is 1. The SMILES string of the molecule is O=C(CN1C(=O)/C(=C\c2cccs2)SC1=S)Nc1ccc(O)c(C(=O)O)c1. The lowest BCUT2D eigenvalue weighted by Gasteiger charge is -2.14. The Labute approximate surface area is 167 Å². The topological polar surface area (TPSA) is 107 Å². The first kappa shape index (κ1) is 19.1. The normalized spacial score (nSPS) is 15.4. The third-order valence-corrected chi connectivity index (χ3v) is 5.70. The zero-order valence-corrected chi connectivity index (χ0v) is 16.0. The maximum Gasteiger partial charge on any atom is 0.339 e. The predicted octanol–water partition coefficient (Wildman–Crippen LogP) is 2.99. The van der Waals surface area contributed by atoms with Crippen LogP contribution >= 0.6 is 35.3 Å². The molecule has 1 aliphatic heterocycles. The summed E-state index contributed by atoms with van der Waals surface area (Å²) in [5.74, 6) is -2.62. The first-order valence-electron chi connectivity index (χ1n) is 7.50. The van der Waals surface area contributed by atoms with Crippen LogP contribution in [-0.4, -0.2) is 43.8 Å². The lowest BCUT2D eigenvalue weighted by molar-refractivity contribution is -0.126. The Hall–Kier alpha value is -2.69. The molecule has 3 rings (SSSR count). The maximum absolute atomic E-state index is 12.5. The second-order valence-electron chi connectivity index (χ2n) is 5.37. The molecule has 2 amide bonds. The van der Waals surface area contributed by atoms with Crippen molar-refractivity contribution in [3.05, 3.63) is 51.1 Å². The molecule has 0 radical (unpaired) electrons. The van der Waals surface area contributed by atoms with E-state index in [9.17, 15) is 19.5 Å². The summed E-state index contributed by atoms with van der Waals surface area (Å²) in [6.07, 6.45) is 1.72. The first-order valence-corrected chi connectivity index (χ1v) is 9.60. The van der Waals surface area contributed by atoms with Crippen molar-refractivity contribution in [2.45, 2.75) is 0 Å². The van der Waals surface area contributed by atoms with Crippen LogP contribution in [0.15, 0.2) is 40.6 Å². The van der Waals surface area contributed by atoms with Crippen molar-refractivity contribution in [1.82, 2.24) is 4.90 Å². The number of nitrogens with zero attached hydrogens (tertiary/aromatic N) is 1.